The third kappa shape index (κ3) is 4.11. The van der Waals surface area contributed by atoms with E-state index in [4.69, 9.17) is 11.6 Å². The normalized spacial score (nSPS) is 20.6. The fraction of sp³-hybridized carbons (Fsp3) is 0.440. The summed E-state index contributed by atoms with van der Waals surface area (Å²) < 4.78 is 0. The van der Waals surface area contributed by atoms with Crippen LogP contribution in [0.3, 0.4) is 0 Å². The number of fused-ring (bicyclic) bond motifs is 2. The number of carbonyl (C=O) groups is 2. The molecule has 1 heterocycles. The molecule has 1 aliphatic carbocycles. The van der Waals surface area contributed by atoms with Crippen molar-refractivity contribution in [3.8, 4) is 0 Å². The molecule has 4 rings (SSSR count). The first kappa shape index (κ1) is 20.9. The van der Waals surface area contributed by atoms with E-state index < -0.39 is 0 Å². The minimum atomic E-state index is -0.0526. The molecule has 1 aliphatic heterocycles. The molecule has 0 radical (unpaired) electrons. The Labute approximate surface area is 183 Å². The highest BCUT2D eigenvalue weighted by atomic mass is 35.5. The molecule has 1 saturated heterocycles. The van der Waals surface area contributed by atoms with Crippen LogP contribution in [0.1, 0.15) is 55.8 Å². The number of carbonyl (C=O) groups excluding carboxylic acids is 2. The Morgan fingerprint density at radius 2 is 1.80 bits per heavy atom. The van der Waals surface area contributed by atoms with E-state index in [0.717, 1.165) is 44.3 Å². The van der Waals surface area contributed by atoms with Gasteiger partial charge in [-0.05, 0) is 54.5 Å². The number of halogens is 1. The number of piperidine rings is 1. The molecular formula is C25H29ClN2O2. The van der Waals surface area contributed by atoms with Gasteiger partial charge in [0.1, 0.15) is 0 Å². The Hall–Kier alpha value is -2.33. The van der Waals surface area contributed by atoms with Gasteiger partial charge in [-0.25, -0.2) is 0 Å². The zero-order valence-electron chi connectivity index (χ0n) is 17.7. The van der Waals surface area contributed by atoms with E-state index in [9.17, 15) is 9.59 Å². The molecule has 2 atom stereocenters. The summed E-state index contributed by atoms with van der Waals surface area (Å²) in [6.45, 7) is 5.13. The van der Waals surface area contributed by atoms with Crippen LogP contribution in [0.25, 0.3) is 0 Å². The maximum atomic E-state index is 13.1. The molecule has 1 N–H and O–H groups in total. The second kappa shape index (κ2) is 8.43. The van der Waals surface area contributed by atoms with Crippen molar-refractivity contribution < 1.29 is 9.59 Å². The third-order valence-corrected chi connectivity index (χ3v) is 7.04. The molecule has 0 unspecified atom stereocenters. The maximum absolute atomic E-state index is 13.1. The van der Waals surface area contributed by atoms with Gasteiger partial charge in [-0.2, -0.15) is 0 Å². The molecule has 30 heavy (non-hydrogen) atoms. The summed E-state index contributed by atoms with van der Waals surface area (Å²) in [5.41, 5.74) is 3.78. The van der Waals surface area contributed by atoms with Gasteiger partial charge in [0.2, 0.25) is 11.8 Å². The van der Waals surface area contributed by atoms with Crippen LogP contribution in [-0.4, -0.2) is 29.8 Å². The first-order valence-corrected chi connectivity index (χ1v) is 11.2. The number of benzene rings is 2. The highest BCUT2D eigenvalue weighted by Crippen LogP contribution is 2.50. The minimum absolute atomic E-state index is 0.00971. The van der Waals surface area contributed by atoms with Crippen LogP contribution in [0.15, 0.2) is 48.5 Å². The van der Waals surface area contributed by atoms with Crippen LogP contribution < -0.4 is 5.32 Å². The lowest BCUT2D eigenvalue weighted by atomic mass is 9.73. The highest BCUT2D eigenvalue weighted by molar-refractivity contribution is 6.30. The summed E-state index contributed by atoms with van der Waals surface area (Å²) in [6, 6.07) is 16.3. The van der Waals surface area contributed by atoms with Gasteiger partial charge in [0.15, 0.2) is 0 Å². The minimum Gasteiger partial charge on any atom is -0.349 e. The third-order valence-electron chi connectivity index (χ3n) is 6.79. The molecule has 158 valence electrons. The number of rotatable bonds is 4. The molecule has 0 aromatic heterocycles. The van der Waals surface area contributed by atoms with Crippen molar-refractivity contribution in [2.45, 2.75) is 51.0 Å². The summed E-state index contributed by atoms with van der Waals surface area (Å²) in [6.07, 6.45) is 3.54. The van der Waals surface area contributed by atoms with Gasteiger partial charge in [-0.15, -0.1) is 0 Å². The van der Waals surface area contributed by atoms with Crippen molar-refractivity contribution in [3.63, 3.8) is 0 Å². The molecular weight excluding hydrogens is 396 g/mol. The molecule has 5 heteroatoms. The number of amides is 2. The second-order valence-electron chi connectivity index (χ2n) is 8.88. The summed E-state index contributed by atoms with van der Waals surface area (Å²) in [5, 5.41) is 3.84. The molecule has 1 fully saturated rings. The van der Waals surface area contributed by atoms with Crippen molar-refractivity contribution >= 4 is 23.4 Å². The van der Waals surface area contributed by atoms with E-state index in [1.54, 1.807) is 6.92 Å². The van der Waals surface area contributed by atoms with E-state index in [2.05, 4.69) is 23.5 Å². The predicted octanol–water partition coefficient (Wildman–Crippen LogP) is 4.66. The smallest absolute Gasteiger partial charge is 0.225 e. The van der Waals surface area contributed by atoms with Gasteiger partial charge in [0.05, 0.1) is 6.04 Å². The number of likely N-dealkylation sites (tertiary alicyclic amines) is 1. The second-order valence-corrected chi connectivity index (χ2v) is 9.32. The summed E-state index contributed by atoms with van der Waals surface area (Å²) in [7, 11) is 0. The number of hydrogen-bond acceptors (Lipinski definition) is 2. The Morgan fingerprint density at radius 1 is 1.13 bits per heavy atom. The molecule has 0 bridgehead atoms. The fourth-order valence-corrected chi connectivity index (χ4v) is 5.40. The van der Waals surface area contributed by atoms with E-state index in [1.165, 1.54) is 11.1 Å². The molecule has 2 amide bonds. The summed E-state index contributed by atoms with van der Waals surface area (Å²) in [4.78, 5) is 26.8. The number of nitrogens with zero attached hydrogens (tertiary/aromatic N) is 1. The Kier molecular flexibility index (Phi) is 5.88. The lowest BCUT2D eigenvalue weighted by Gasteiger charge is -2.41. The van der Waals surface area contributed by atoms with Crippen LogP contribution in [-0.2, 0) is 21.4 Å². The van der Waals surface area contributed by atoms with E-state index in [0.29, 0.717) is 5.02 Å². The topological polar surface area (TPSA) is 49.4 Å². The molecule has 2 aromatic carbocycles. The predicted molar refractivity (Wildman–Crippen MR) is 119 cm³/mol. The Balaban J connectivity index is 1.42. The van der Waals surface area contributed by atoms with Crippen LogP contribution >= 0.6 is 11.6 Å². The Morgan fingerprint density at radius 3 is 2.47 bits per heavy atom. The van der Waals surface area contributed by atoms with Gasteiger partial charge in [-0.1, -0.05) is 54.9 Å². The van der Waals surface area contributed by atoms with Gasteiger partial charge in [0.25, 0.3) is 0 Å². The van der Waals surface area contributed by atoms with Gasteiger partial charge >= 0.3 is 0 Å². The van der Waals surface area contributed by atoms with Gasteiger partial charge < -0.3 is 10.2 Å². The van der Waals surface area contributed by atoms with Crippen molar-refractivity contribution in [2.24, 2.45) is 5.92 Å². The van der Waals surface area contributed by atoms with Crippen LogP contribution in [0.5, 0.6) is 0 Å². The Bertz CT molecular complexity index is 932. The van der Waals surface area contributed by atoms with Gasteiger partial charge in [0, 0.05) is 36.4 Å². The molecule has 1 spiro atoms. The zero-order valence-corrected chi connectivity index (χ0v) is 18.4. The molecule has 2 aliphatic rings. The maximum Gasteiger partial charge on any atom is 0.225 e. The highest BCUT2D eigenvalue weighted by Gasteiger charge is 2.46. The van der Waals surface area contributed by atoms with Crippen molar-refractivity contribution in [2.75, 3.05) is 13.1 Å². The quantitative estimate of drug-likeness (QED) is 0.775. The fourth-order valence-electron chi connectivity index (χ4n) is 5.27. The van der Waals surface area contributed by atoms with Crippen LogP contribution in [0, 0.1) is 5.92 Å². The standard InChI is InChI=1S/C25H29ClN2O2/c1-17(15-19-7-9-20(26)10-8-19)24(30)28-13-11-25(12-14-28)16-23(27-18(2)29)21-5-3-4-6-22(21)25/h3-10,17,23H,11-16H2,1-2H3,(H,27,29)/t17-,23-/m1/s1. The van der Waals surface area contributed by atoms with Crippen LogP contribution in [0.2, 0.25) is 5.02 Å². The lowest BCUT2D eigenvalue weighted by Crippen LogP contribution is -2.46. The van der Waals surface area contributed by atoms with Crippen molar-refractivity contribution in [1.29, 1.82) is 0 Å². The molecule has 2 aromatic rings. The van der Waals surface area contributed by atoms with E-state index >= 15 is 0 Å². The SMILES string of the molecule is CC(=O)N[C@@H]1CC2(CCN(C(=O)[C@H](C)Cc3ccc(Cl)cc3)CC2)c2ccccc21. The van der Waals surface area contributed by atoms with Crippen LogP contribution in [0.4, 0.5) is 0 Å². The average Bonchev–Trinajstić information content (AvgIpc) is 3.02. The first-order valence-electron chi connectivity index (χ1n) is 10.8. The average molecular weight is 425 g/mol. The van der Waals surface area contributed by atoms with Crippen molar-refractivity contribution in [1.82, 2.24) is 10.2 Å². The number of hydrogen-bond donors (Lipinski definition) is 1. The lowest BCUT2D eigenvalue weighted by molar-refractivity contribution is -0.136. The monoisotopic (exact) mass is 424 g/mol. The van der Waals surface area contributed by atoms with E-state index in [1.807, 2.05) is 42.2 Å². The molecule has 4 nitrogen and oxygen atoms in total. The number of nitrogens with one attached hydrogen (secondary N) is 1. The zero-order chi connectivity index (χ0) is 21.3. The first-order chi connectivity index (χ1) is 14.4. The largest absolute Gasteiger partial charge is 0.349 e. The molecule has 0 saturated carbocycles. The van der Waals surface area contributed by atoms with E-state index in [-0.39, 0.29) is 29.2 Å². The van der Waals surface area contributed by atoms with Crippen molar-refractivity contribution in [3.05, 3.63) is 70.2 Å². The van der Waals surface area contributed by atoms with Gasteiger partial charge in [-0.3, -0.25) is 9.59 Å². The summed E-state index contributed by atoms with van der Waals surface area (Å²) in [5.74, 6) is 0.184. The summed E-state index contributed by atoms with van der Waals surface area (Å²) >= 11 is 5.97.